The minimum atomic E-state index is -1.15. The van der Waals surface area contributed by atoms with E-state index in [1.54, 1.807) is 62.4 Å². The van der Waals surface area contributed by atoms with Gasteiger partial charge in [0.05, 0.1) is 5.57 Å². The van der Waals surface area contributed by atoms with Gasteiger partial charge >= 0.3 is 5.97 Å². The summed E-state index contributed by atoms with van der Waals surface area (Å²) in [7, 11) is 0. The number of carbonyl (C=O) groups is 3. The molecule has 2 aromatic carbocycles. The number of fused-ring (bicyclic) bond motifs is 1. The third kappa shape index (κ3) is 5.88. The van der Waals surface area contributed by atoms with Gasteiger partial charge < -0.3 is 20.5 Å². The molecule has 8 heteroatoms. The average Bonchev–Trinajstić information content (AvgIpc) is 2.76. The lowest BCUT2D eigenvalue weighted by atomic mass is 10.0. The molecular weight excluding hydrogens is 432 g/mol. The van der Waals surface area contributed by atoms with Gasteiger partial charge in [0, 0.05) is 17.0 Å². The molecule has 168 valence electrons. The molecule has 0 spiro atoms. The number of carbonyl (C=O) groups excluding carboxylic acids is 2. The summed E-state index contributed by atoms with van der Waals surface area (Å²) < 4.78 is 5.61. The maximum Gasteiger partial charge on any atom is 0.326 e. The summed E-state index contributed by atoms with van der Waals surface area (Å²) in [6, 6.07) is 12.1. The molecule has 1 heterocycles. The minimum absolute atomic E-state index is 0.0542. The molecule has 0 radical (unpaired) electrons. The van der Waals surface area contributed by atoms with Crippen LogP contribution >= 0.6 is 11.6 Å². The van der Waals surface area contributed by atoms with Gasteiger partial charge in [-0.25, -0.2) is 4.79 Å². The largest absolute Gasteiger partial charge is 0.488 e. The van der Waals surface area contributed by atoms with Crippen molar-refractivity contribution in [2.24, 2.45) is 5.92 Å². The normalized spacial score (nSPS) is 14.4. The average molecular weight is 457 g/mol. The van der Waals surface area contributed by atoms with Crippen molar-refractivity contribution >= 4 is 35.5 Å². The van der Waals surface area contributed by atoms with Gasteiger partial charge in [-0.2, -0.15) is 0 Å². The van der Waals surface area contributed by atoms with E-state index in [-0.39, 0.29) is 18.9 Å². The SMILES string of the molecule is CC(C)[C@H](NC(=O)C1=Cc2cc(Cl)ccc2OC1)C(=O)N[C@@H](Cc1ccccc1)C(=O)O. The lowest BCUT2D eigenvalue weighted by molar-refractivity contribution is -0.142. The van der Waals surface area contributed by atoms with Gasteiger partial charge in [-0.05, 0) is 35.8 Å². The van der Waals surface area contributed by atoms with Crippen LogP contribution in [0.2, 0.25) is 5.02 Å². The third-order valence-electron chi connectivity index (χ3n) is 5.11. The molecular formula is C24H25ClN2O5. The molecule has 0 aromatic heterocycles. The van der Waals surface area contributed by atoms with Crippen molar-refractivity contribution in [2.75, 3.05) is 6.61 Å². The topological polar surface area (TPSA) is 105 Å². The quantitative estimate of drug-likeness (QED) is 0.566. The summed E-state index contributed by atoms with van der Waals surface area (Å²) in [6.07, 6.45) is 1.81. The molecule has 1 aliphatic rings. The Hall–Kier alpha value is -3.32. The number of hydrogen-bond donors (Lipinski definition) is 3. The molecule has 0 fully saturated rings. The first-order chi connectivity index (χ1) is 15.2. The van der Waals surface area contributed by atoms with E-state index < -0.39 is 29.9 Å². The van der Waals surface area contributed by atoms with Gasteiger partial charge in [0.25, 0.3) is 5.91 Å². The molecule has 0 bridgehead atoms. The number of halogens is 1. The van der Waals surface area contributed by atoms with Gasteiger partial charge in [0.2, 0.25) is 5.91 Å². The number of benzene rings is 2. The van der Waals surface area contributed by atoms with Crippen LogP contribution in [0.4, 0.5) is 0 Å². The van der Waals surface area contributed by atoms with E-state index in [1.165, 1.54) is 0 Å². The Balaban J connectivity index is 1.71. The van der Waals surface area contributed by atoms with E-state index in [4.69, 9.17) is 16.3 Å². The van der Waals surface area contributed by atoms with E-state index in [2.05, 4.69) is 10.6 Å². The predicted octanol–water partition coefficient (Wildman–Crippen LogP) is 3.07. The van der Waals surface area contributed by atoms with Crippen LogP contribution in [0.15, 0.2) is 54.1 Å². The second-order valence-electron chi connectivity index (χ2n) is 7.92. The lowest BCUT2D eigenvalue weighted by Crippen LogP contribution is -2.54. The van der Waals surface area contributed by atoms with Crippen LogP contribution in [-0.4, -0.2) is 41.6 Å². The fourth-order valence-corrected chi connectivity index (χ4v) is 3.54. The van der Waals surface area contributed by atoms with Crippen LogP contribution in [0, 0.1) is 5.92 Å². The number of amides is 2. The Morgan fingerprint density at radius 1 is 1.09 bits per heavy atom. The van der Waals surface area contributed by atoms with E-state index in [0.29, 0.717) is 21.9 Å². The standard InChI is InChI=1S/C24H25ClN2O5/c1-14(2)21(23(29)26-19(24(30)31)10-15-6-4-3-5-7-15)27-22(28)17-11-16-12-18(25)8-9-20(16)32-13-17/h3-9,11-12,14,19,21H,10,13H2,1-2H3,(H,26,29)(H,27,28)(H,30,31)/t19-,21-/m0/s1. The highest BCUT2D eigenvalue weighted by molar-refractivity contribution is 6.30. The maximum absolute atomic E-state index is 12.9. The summed E-state index contributed by atoms with van der Waals surface area (Å²) in [5.74, 6) is -1.81. The molecule has 32 heavy (non-hydrogen) atoms. The van der Waals surface area contributed by atoms with Crippen LogP contribution in [0.5, 0.6) is 5.75 Å². The Labute approximate surface area is 191 Å². The summed E-state index contributed by atoms with van der Waals surface area (Å²) in [4.78, 5) is 37.4. The van der Waals surface area contributed by atoms with Crippen LogP contribution in [0.25, 0.3) is 6.08 Å². The maximum atomic E-state index is 12.9. The molecule has 2 amide bonds. The molecule has 2 atom stereocenters. The highest BCUT2D eigenvalue weighted by Crippen LogP contribution is 2.29. The first-order valence-corrected chi connectivity index (χ1v) is 10.6. The summed E-state index contributed by atoms with van der Waals surface area (Å²) in [6.45, 7) is 3.61. The third-order valence-corrected chi connectivity index (χ3v) is 5.34. The summed E-state index contributed by atoms with van der Waals surface area (Å²) in [5.41, 5.74) is 1.80. The van der Waals surface area contributed by atoms with Gasteiger partial charge in [-0.1, -0.05) is 55.8 Å². The van der Waals surface area contributed by atoms with Gasteiger partial charge in [-0.15, -0.1) is 0 Å². The molecule has 2 aromatic rings. The minimum Gasteiger partial charge on any atom is -0.488 e. The Kier molecular flexibility index (Phi) is 7.53. The van der Waals surface area contributed by atoms with Gasteiger partial charge in [0.15, 0.2) is 0 Å². The van der Waals surface area contributed by atoms with Crippen molar-refractivity contribution in [3.63, 3.8) is 0 Å². The van der Waals surface area contributed by atoms with Crippen LogP contribution in [-0.2, 0) is 20.8 Å². The number of carboxylic acid groups (broad SMARTS) is 1. The zero-order valence-electron chi connectivity index (χ0n) is 17.8. The summed E-state index contributed by atoms with van der Waals surface area (Å²) >= 11 is 6.02. The van der Waals surface area contributed by atoms with E-state index in [9.17, 15) is 19.5 Å². The highest BCUT2D eigenvalue weighted by atomic mass is 35.5. The van der Waals surface area contributed by atoms with Crippen LogP contribution in [0.3, 0.4) is 0 Å². The number of aliphatic carboxylic acids is 1. The number of ether oxygens (including phenoxy) is 1. The predicted molar refractivity (Wildman–Crippen MR) is 121 cm³/mol. The second kappa shape index (κ2) is 10.3. The Morgan fingerprint density at radius 3 is 2.47 bits per heavy atom. The van der Waals surface area contributed by atoms with E-state index >= 15 is 0 Å². The zero-order chi connectivity index (χ0) is 23.3. The van der Waals surface area contributed by atoms with Crippen LogP contribution < -0.4 is 15.4 Å². The molecule has 0 saturated carbocycles. The molecule has 3 rings (SSSR count). The van der Waals surface area contributed by atoms with E-state index in [1.807, 2.05) is 6.07 Å². The Bertz CT molecular complexity index is 1040. The smallest absolute Gasteiger partial charge is 0.326 e. The van der Waals surface area contributed by atoms with Crippen molar-refractivity contribution in [1.29, 1.82) is 0 Å². The number of rotatable bonds is 8. The van der Waals surface area contributed by atoms with E-state index in [0.717, 1.165) is 5.56 Å². The van der Waals surface area contributed by atoms with Crippen molar-refractivity contribution in [2.45, 2.75) is 32.4 Å². The molecule has 1 aliphatic heterocycles. The fourth-order valence-electron chi connectivity index (χ4n) is 3.36. The molecule has 7 nitrogen and oxygen atoms in total. The lowest BCUT2D eigenvalue weighted by Gasteiger charge is -2.25. The first-order valence-electron chi connectivity index (χ1n) is 10.3. The van der Waals surface area contributed by atoms with Crippen molar-refractivity contribution < 1.29 is 24.2 Å². The van der Waals surface area contributed by atoms with Crippen molar-refractivity contribution in [3.05, 3.63) is 70.3 Å². The molecule has 0 aliphatic carbocycles. The van der Waals surface area contributed by atoms with Crippen molar-refractivity contribution in [1.82, 2.24) is 10.6 Å². The van der Waals surface area contributed by atoms with Gasteiger partial charge in [0.1, 0.15) is 24.4 Å². The molecule has 0 unspecified atom stereocenters. The summed E-state index contributed by atoms with van der Waals surface area (Å²) in [5, 5.41) is 15.4. The molecule has 0 saturated heterocycles. The highest BCUT2D eigenvalue weighted by Gasteiger charge is 2.30. The zero-order valence-corrected chi connectivity index (χ0v) is 18.6. The Morgan fingerprint density at radius 2 is 1.81 bits per heavy atom. The molecule has 3 N–H and O–H groups in total. The number of hydrogen-bond acceptors (Lipinski definition) is 4. The van der Waals surface area contributed by atoms with Gasteiger partial charge in [-0.3, -0.25) is 9.59 Å². The fraction of sp³-hybridized carbons (Fsp3) is 0.292. The number of nitrogens with one attached hydrogen (secondary N) is 2. The van der Waals surface area contributed by atoms with Crippen molar-refractivity contribution in [3.8, 4) is 5.75 Å². The first kappa shape index (κ1) is 23.3. The number of carboxylic acids is 1. The van der Waals surface area contributed by atoms with Crippen LogP contribution in [0.1, 0.15) is 25.0 Å². The monoisotopic (exact) mass is 456 g/mol. The second-order valence-corrected chi connectivity index (χ2v) is 8.36.